The normalized spacial score (nSPS) is 35.4. The maximum Gasteiger partial charge on any atom is 0.232 e. The van der Waals surface area contributed by atoms with E-state index in [0.717, 1.165) is 135 Å². The van der Waals surface area contributed by atoms with Gasteiger partial charge in [0, 0.05) is 23.7 Å². The third-order valence-electron chi connectivity index (χ3n) is 13.6. The van der Waals surface area contributed by atoms with Gasteiger partial charge in [-0.25, -0.2) is 0 Å². The van der Waals surface area contributed by atoms with Gasteiger partial charge in [0.2, 0.25) is 23.6 Å². The summed E-state index contributed by atoms with van der Waals surface area (Å²) in [6.07, 6.45) is 25.8. The van der Waals surface area contributed by atoms with Crippen LogP contribution in [-0.2, 0) is 19.2 Å². The molecule has 0 unspecified atom stereocenters. The largest absolute Gasteiger partial charge is 0.276 e. The van der Waals surface area contributed by atoms with E-state index in [9.17, 15) is 19.2 Å². The fraction of sp³-hybridized carbons (Fsp3) is 0.895. The van der Waals surface area contributed by atoms with Crippen LogP contribution in [-0.4, -0.2) is 44.5 Å². The topological polar surface area (TPSA) is 74.8 Å². The number of hydrogen-bond acceptors (Lipinski definition) is 4. The molecule has 0 aromatic rings. The Labute approximate surface area is 265 Å². The number of imide groups is 2. The van der Waals surface area contributed by atoms with Crippen LogP contribution in [0.2, 0.25) is 0 Å². The molecule has 0 heterocycles. The Morgan fingerprint density at radius 3 is 0.886 bits per heavy atom. The minimum Gasteiger partial charge on any atom is -0.276 e. The van der Waals surface area contributed by atoms with E-state index in [4.69, 9.17) is 0 Å². The van der Waals surface area contributed by atoms with Crippen molar-refractivity contribution >= 4 is 23.6 Å². The van der Waals surface area contributed by atoms with Crippen molar-refractivity contribution in [3.63, 3.8) is 0 Å². The van der Waals surface area contributed by atoms with Crippen LogP contribution in [0.15, 0.2) is 0 Å². The van der Waals surface area contributed by atoms with Crippen LogP contribution in [0.25, 0.3) is 0 Å². The Balaban J connectivity index is 1.27. The van der Waals surface area contributed by atoms with E-state index >= 15 is 0 Å². The van der Waals surface area contributed by atoms with E-state index in [1.807, 2.05) is 9.80 Å². The number of hydrogen-bond donors (Lipinski definition) is 0. The van der Waals surface area contributed by atoms with Crippen molar-refractivity contribution in [3.8, 4) is 0 Å². The monoisotopic (exact) mass is 606 g/mol. The highest BCUT2D eigenvalue weighted by Gasteiger charge is 2.65. The lowest BCUT2D eigenvalue weighted by Gasteiger charge is -2.66. The van der Waals surface area contributed by atoms with Crippen molar-refractivity contribution < 1.29 is 19.2 Å². The average Bonchev–Trinajstić information content (AvgIpc) is 3.05. The molecule has 4 bridgehead atoms. The van der Waals surface area contributed by atoms with Crippen LogP contribution < -0.4 is 0 Å². The lowest BCUT2D eigenvalue weighted by Crippen LogP contribution is -2.74. The molecule has 4 amide bonds. The lowest BCUT2D eigenvalue weighted by atomic mass is 9.48. The molecule has 6 nitrogen and oxygen atoms in total. The number of carbonyl (C=O) groups excluding carboxylic acids is 4. The quantitative estimate of drug-likeness (QED) is 0.286. The van der Waals surface area contributed by atoms with Crippen LogP contribution >= 0.6 is 0 Å². The first kappa shape index (κ1) is 30.9. The second kappa shape index (κ2) is 12.8. The zero-order valence-corrected chi connectivity index (χ0v) is 27.4. The predicted molar refractivity (Wildman–Crippen MR) is 170 cm³/mol. The van der Waals surface area contributed by atoms with Gasteiger partial charge in [-0.3, -0.25) is 29.0 Å². The van der Waals surface area contributed by atoms with Crippen LogP contribution in [0, 0.1) is 35.5 Å². The molecule has 8 rings (SSSR count). The first-order valence-electron chi connectivity index (χ1n) is 19.1. The van der Waals surface area contributed by atoms with E-state index in [2.05, 4.69) is 0 Å². The molecule has 0 spiro atoms. The van der Waals surface area contributed by atoms with Crippen LogP contribution in [0.3, 0.4) is 0 Å². The summed E-state index contributed by atoms with van der Waals surface area (Å²) < 4.78 is 0. The van der Waals surface area contributed by atoms with Crippen molar-refractivity contribution in [1.82, 2.24) is 9.80 Å². The highest BCUT2D eigenvalue weighted by Crippen LogP contribution is 2.62. The molecule has 0 radical (unpaired) electrons. The zero-order chi connectivity index (χ0) is 30.3. The zero-order valence-electron chi connectivity index (χ0n) is 27.4. The van der Waals surface area contributed by atoms with Crippen LogP contribution in [0.1, 0.15) is 167 Å². The maximum absolute atomic E-state index is 14.7. The number of rotatable bonds is 6. The molecular formula is C38H58N2O4. The molecule has 8 aliphatic rings. The van der Waals surface area contributed by atoms with Crippen molar-refractivity contribution in [2.45, 2.75) is 178 Å². The average molecular weight is 607 g/mol. The van der Waals surface area contributed by atoms with Crippen LogP contribution in [0.5, 0.6) is 0 Å². The summed E-state index contributed by atoms with van der Waals surface area (Å²) in [4.78, 5) is 62.5. The minimum atomic E-state index is -0.537. The van der Waals surface area contributed by atoms with Gasteiger partial charge in [-0.1, -0.05) is 77.0 Å². The molecule has 0 aromatic carbocycles. The second-order valence-electron chi connectivity index (χ2n) is 16.8. The van der Waals surface area contributed by atoms with Crippen molar-refractivity contribution in [2.75, 3.05) is 0 Å². The lowest BCUT2D eigenvalue weighted by molar-refractivity contribution is -0.190. The maximum atomic E-state index is 14.7. The summed E-state index contributed by atoms with van der Waals surface area (Å²) in [6, 6.07) is 0. The van der Waals surface area contributed by atoms with Gasteiger partial charge in [-0.2, -0.15) is 0 Å². The summed E-state index contributed by atoms with van der Waals surface area (Å²) in [5, 5.41) is 0. The van der Waals surface area contributed by atoms with E-state index in [-0.39, 0.29) is 47.3 Å². The summed E-state index contributed by atoms with van der Waals surface area (Å²) in [6.45, 7) is 0. The smallest absolute Gasteiger partial charge is 0.232 e. The van der Waals surface area contributed by atoms with Gasteiger partial charge < -0.3 is 0 Å². The minimum absolute atomic E-state index is 0.0518. The first-order valence-corrected chi connectivity index (χ1v) is 19.1. The SMILES string of the molecule is O=C(C1CCCCC1)N(C(=O)C1CCCCC1)C12CC3CC(C1)CC(N(C(=O)C1CCCCC1)C(=O)C1CCCCC1)(C3)C2. The number of amides is 4. The fourth-order valence-electron chi connectivity index (χ4n) is 12.0. The van der Waals surface area contributed by atoms with E-state index in [1.165, 1.54) is 25.7 Å². The van der Waals surface area contributed by atoms with Crippen molar-refractivity contribution in [3.05, 3.63) is 0 Å². The summed E-state index contributed by atoms with van der Waals surface area (Å²) in [7, 11) is 0. The summed E-state index contributed by atoms with van der Waals surface area (Å²) in [5.41, 5.74) is -1.07. The second-order valence-corrected chi connectivity index (χ2v) is 16.8. The molecule has 0 atom stereocenters. The van der Waals surface area contributed by atoms with Gasteiger partial charge in [0.1, 0.15) is 0 Å². The molecule has 0 N–H and O–H groups in total. The molecule has 0 saturated heterocycles. The first-order chi connectivity index (χ1) is 21.4. The van der Waals surface area contributed by atoms with Gasteiger partial charge >= 0.3 is 0 Å². The fourth-order valence-corrected chi connectivity index (χ4v) is 12.0. The number of carbonyl (C=O) groups is 4. The van der Waals surface area contributed by atoms with Gasteiger partial charge in [-0.05, 0) is 102 Å². The molecule has 0 aromatic heterocycles. The third kappa shape index (κ3) is 5.72. The van der Waals surface area contributed by atoms with Gasteiger partial charge in [-0.15, -0.1) is 0 Å². The van der Waals surface area contributed by atoms with Gasteiger partial charge in [0.05, 0.1) is 11.1 Å². The molecule has 44 heavy (non-hydrogen) atoms. The highest BCUT2D eigenvalue weighted by molar-refractivity contribution is 6.00. The predicted octanol–water partition coefficient (Wildman–Crippen LogP) is 8.11. The Hall–Kier alpha value is -1.72. The van der Waals surface area contributed by atoms with E-state index in [0.29, 0.717) is 18.3 Å². The standard InChI is InChI=1S/C38H58N2O4/c41-33(29-13-5-1-6-14-29)39(34(42)30-15-7-2-8-16-30)37-22-27-21-28(23-37)25-38(24-27,26-37)40(35(43)31-17-9-3-10-18-31)36(44)32-19-11-4-12-20-32/h27-32H,1-26H2. The Morgan fingerprint density at radius 2 is 0.636 bits per heavy atom. The van der Waals surface area contributed by atoms with Gasteiger partial charge in [0.15, 0.2) is 0 Å². The Kier molecular flexibility index (Phi) is 9.01. The molecule has 8 fully saturated rings. The Morgan fingerprint density at radius 1 is 0.386 bits per heavy atom. The number of nitrogens with zero attached hydrogens (tertiary/aromatic N) is 2. The van der Waals surface area contributed by atoms with E-state index in [1.54, 1.807) is 0 Å². The molecule has 0 aliphatic heterocycles. The molecule has 8 saturated carbocycles. The molecule has 8 aliphatic carbocycles. The summed E-state index contributed by atoms with van der Waals surface area (Å²) in [5.74, 6) is 0.932. The van der Waals surface area contributed by atoms with Gasteiger partial charge in [0.25, 0.3) is 0 Å². The molecule has 244 valence electrons. The van der Waals surface area contributed by atoms with Crippen molar-refractivity contribution in [1.29, 1.82) is 0 Å². The van der Waals surface area contributed by atoms with Crippen molar-refractivity contribution in [2.24, 2.45) is 35.5 Å². The van der Waals surface area contributed by atoms with Crippen LogP contribution in [0.4, 0.5) is 0 Å². The molecular weight excluding hydrogens is 548 g/mol. The van der Waals surface area contributed by atoms with E-state index < -0.39 is 11.1 Å². The summed E-state index contributed by atoms with van der Waals surface area (Å²) >= 11 is 0. The molecule has 6 heteroatoms. The third-order valence-corrected chi connectivity index (χ3v) is 13.6. The Bertz CT molecular complexity index is 936. The highest BCUT2D eigenvalue weighted by atomic mass is 16.2.